The van der Waals surface area contributed by atoms with Gasteiger partial charge in [0.05, 0.1) is 6.61 Å². The molecule has 1 aliphatic heterocycles. The van der Waals surface area contributed by atoms with Crippen LogP contribution in [0.25, 0.3) is 22.3 Å². The Hall–Kier alpha value is -2.77. The maximum absolute atomic E-state index is 12.6. The number of nitrogens with zero attached hydrogens (tertiary/aromatic N) is 3. The second-order valence-electron chi connectivity index (χ2n) is 9.47. The molecule has 1 saturated heterocycles. The van der Waals surface area contributed by atoms with Gasteiger partial charge < -0.3 is 15.4 Å². The van der Waals surface area contributed by atoms with Crippen LogP contribution in [0.4, 0.5) is 0 Å². The lowest BCUT2D eigenvalue weighted by molar-refractivity contribution is 0.0914. The van der Waals surface area contributed by atoms with Gasteiger partial charge in [-0.2, -0.15) is 0 Å². The third-order valence-electron chi connectivity index (χ3n) is 5.59. The number of nitrogens with one attached hydrogen (secondary N) is 2. The molecule has 1 amide bonds. The van der Waals surface area contributed by atoms with Gasteiger partial charge in [-0.05, 0) is 77.4 Å². The molecule has 31 heavy (non-hydrogen) atoms. The summed E-state index contributed by atoms with van der Waals surface area (Å²) in [5.41, 5.74) is 3.85. The number of aryl methyl sites for hydroxylation is 1. The number of likely N-dealkylation sites (tertiary alicyclic amines) is 1. The van der Waals surface area contributed by atoms with Gasteiger partial charge in [-0.25, -0.2) is 9.97 Å². The standard InChI is InChI=1S/C24H31N5O2/c1-15-10-21(23(31)28-24(2,3)4)27-22(25-15)16-7-8-20-17(11-16)12-18(26-20)13-29-9-5-6-19(29)14-30/h7-8,10-12,19,26,30H,5-6,9,13-14H2,1-4H3,(H,28,31)/t19-/m1/s1. The molecule has 0 radical (unpaired) electrons. The van der Waals surface area contributed by atoms with Crippen molar-refractivity contribution in [3.05, 3.63) is 47.4 Å². The minimum atomic E-state index is -0.332. The third kappa shape index (κ3) is 4.94. The van der Waals surface area contributed by atoms with E-state index in [1.54, 1.807) is 6.07 Å². The first-order valence-corrected chi connectivity index (χ1v) is 10.9. The van der Waals surface area contributed by atoms with Crippen LogP contribution in [0, 0.1) is 6.92 Å². The molecule has 164 valence electrons. The number of carbonyl (C=O) groups is 1. The molecule has 3 aromatic rings. The van der Waals surface area contributed by atoms with E-state index in [2.05, 4.69) is 37.3 Å². The van der Waals surface area contributed by atoms with E-state index >= 15 is 0 Å². The summed E-state index contributed by atoms with van der Waals surface area (Å²) in [7, 11) is 0. The predicted octanol–water partition coefficient (Wildman–Crippen LogP) is 3.42. The van der Waals surface area contributed by atoms with Crippen molar-refractivity contribution in [2.75, 3.05) is 13.2 Å². The number of carbonyl (C=O) groups excluding carboxylic acids is 1. The highest BCUT2D eigenvalue weighted by atomic mass is 16.3. The van der Waals surface area contributed by atoms with Gasteiger partial charge in [0.25, 0.3) is 5.91 Å². The maximum atomic E-state index is 12.6. The van der Waals surface area contributed by atoms with E-state index in [1.807, 2.05) is 39.8 Å². The van der Waals surface area contributed by atoms with Crippen molar-refractivity contribution in [3.63, 3.8) is 0 Å². The number of rotatable bonds is 5. The van der Waals surface area contributed by atoms with Gasteiger partial charge in [-0.3, -0.25) is 9.69 Å². The van der Waals surface area contributed by atoms with Gasteiger partial charge in [-0.1, -0.05) is 0 Å². The summed E-state index contributed by atoms with van der Waals surface area (Å²) in [5.74, 6) is 0.344. The van der Waals surface area contributed by atoms with Crippen LogP contribution in [0.2, 0.25) is 0 Å². The maximum Gasteiger partial charge on any atom is 0.270 e. The number of aliphatic hydroxyl groups excluding tert-OH is 1. The van der Waals surface area contributed by atoms with Crippen molar-refractivity contribution in [1.82, 2.24) is 25.2 Å². The number of aromatic amines is 1. The number of hydrogen-bond acceptors (Lipinski definition) is 5. The molecule has 4 rings (SSSR count). The molecule has 0 bridgehead atoms. The van der Waals surface area contributed by atoms with Gasteiger partial charge in [0, 0.05) is 46.0 Å². The summed E-state index contributed by atoms with van der Waals surface area (Å²) in [6, 6.07) is 10.2. The van der Waals surface area contributed by atoms with E-state index in [0.717, 1.165) is 53.8 Å². The Morgan fingerprint density at radius 2 is 2.06 bits per heavy atom. The van der Waals surface area contributed by atoms with Gasteiger partial charge in [0.15, 0.2) is 5.82 Å². The van der Waals surface area contributed by atoms with E-state index in [0.29, 0.717) is 11.5 Å². The normalized spacial score (nSPS) is 17.4. The molecule has 0 saturated carbocycles. The zero-order chi connectivity index (χ0) is 22.2. The number of benzene rings is 1. The molecule has 1 fully saturated rings. The average Bonchev–Trinajstić information content (AvgIpc) is 3.31. The first kappa shape index (κ1) is 21.5. The molecule has 3 N–H and O–H groups in total. The van der Waals surface area contributed by atoms with Gasteiger partial charge >= 0.3 is 0 Å². The number of hydrogen-bond donors (Lipinski definition) is 3. The fourth-order valence-corrected chi connectivity index (χ4v) is 4.16. The summed E-state index contributed by atoms with van der Waals surface area (Å²) in [6.45, 7) is 9.74. The van der Waals surface area contributed by atoms with Crippen LogP contribution in [-0.2, 0) is 6.54 Å². The highest BCUT2D eigenvalue weighted by Gasteiger charge is 2.24. The lowest BCUT2D eigenvalue weighted by Gasteiger charge is -2.21. The Kier molecular flexibility index (Phi) is 5.81. The Balaban J connectivity index is 1.60. The van der Waals surface area contributed by atoms with Crippen LogP contribution in [0.3, 0.4) is 0 Å². The zero-order valence-electron chi connectivity index (χ0n) is 18.7. The first-order valence-electron chi connectivity index (χ1n) is 10.9. The van der Waals surface area contributed by atoms with Crippen molar-refractivity contribution in [2.45, 2.75) is 58.7 Å². The van der Waals surface area contributed by atoms with E-state index in [9.17, 15) is 9.90 Å². The minimum absolute atomic E-state index is 0.201. The van der Waals surface area contributed by atoms with Crippen molar-refractivity contribution in [2.24, 2.45) is 0 Å². The largest absolute Gasteiger partial charge is 0.395 e. The van der Waals surface area contributed by atoms with Crippen LogP contribution in [0.1, 0.15) is 55.5 Å². The van der Waals surface area contributed by atoms with Crippen LogP contribution >= 0.6 is 0 Å². The number of amides is 1. The Morgan fingerprint density at radius 1 is 1.26 bits per heavy atom. The van der Waals surface area contributed by atoms with Gasteiger partial charge in [-0.15, -0.1) is 0 Å². The molecule has 0 aliphatic carbocycles. The molecule has 0 spiro atoms. The summed E-state index contributed by atoms with van der Waals surface area (Å²) >= 11 is 0. The highest BCUT2D eigenvalue weighted by Crippen LogP contribution is 2.25. The first-order chi connectivity index (χ1) is 14.7. The SMILES string of the molecule is Cc1cc(C(=O)NC(C)(C)C)nc(-c2ccc3[nH]c(CN4CCC[C@@H]4CO)cc3c2)n1. The second kappa shape index (κ2) is 8.40. The molecule has 1 aliphatic rings. The van der Waals surface area contributed by atoms with Gasteiger partial charge in [0.1, 0.15) is 5.69 Å². The number of aliphatic hydroxyl groups is 1. The van der Waals surface area contributed by atoms with Crippen molar-refractivity contribution in [3.8, 4) is 11.4 Å². The summed E-state index contributed by atoms with van der Waals surface area (Å²) < 4.78 is 0. The molecule has 2 aromatic heterocycles. The van der Waals surface area contributed by atoms with Crippen molar-refractivity contribution >= 4 is 16.8 Å². The van der Waals surface area contributed by atoms with Crippen LogP contribution < -0.4 is 5.32 Å². The number of H-pyrrole nitrogens is 1. The van der Waals surface area contributed by atoms with Gasteiger partial charge in [0.2, 0.25) is 0 Å². The van der Waals surface area contributed by atoms with Crippen molar-refractivity contribution in [1.29, 1.82) is 0 Å². The number of aromatic nitrogens is 3. The third-order valence-corrected chi connectivity index (χ3v) is 5.59. The molecule has 0 unspecified atom stereocenters. The molecule has 1 atom stereocenters. The average molecular weight is 422 g/mol. The second-order valence-corrected chi connectivity index (χ2v) is 9.47. The van der Waals surface area contributed by atoms with Crippen molar-refractivity contribution < 1.29 is 9.90 Å². The molecule has 7 nitrogen and oxygen atoms in total. The minimum Gasteiger partial charge on any atom is -0.395 e. The molecular formula is C24H31N5O2. The Bertz CT molecular complexity index is 1100. The lowest BCUT2D eigenvalue weighted by atomic mass is 10.1. The predicted molar refractivity (Wildman–Crippen MR) is 122 cm³/mol. The summed E-state index contributed by atoms with van der Waals surface area (Å²) in [5, 5.41) is 13.6. The zero-order valence-corrected chi connectivity index (χ0v) is 18.7. The Labute approximate surface area is 182 Å². The lowest BCUT2D eigenvalue weighted by Crippen LogP contribution is -2.41. The summed E-state index contributed by atoms with van der Waals surface area (Å²) in [4.78, 5) is 27.5. The Morgan fingerprint density at radius 3 is 2.81 bits per heavy atom. The fourth-order valence-electron chi connectivity index (χ4n) is 4.16. The highest BCUT2D eigenvalue weighted by molar-refractivity contribution is 5.93. The molecule has 1 aromatic carbocycles. The molecule has 7 heteroatoms. The van der Waals surface area contributed by atoms with Crippen LogP contribution in [-0.4, -0.2) is 55.6 Å². The fraction of sp³-hybridized carbons (Fsp3) is 0.458. The quantitative estimate of drug-likeness (QED) is 0.587. The van der Waals surface area contributed by atoms with E-state index in [4.69, 9.17) is 0 Å². The molecule has 3 heterocycles. The van der Waals surface area contributed by atoms with E-state index < -0.39 is 0 Å². The van der Waals surface area contributed by atoms with E-state index in [1.165, 1.54) is 0 Å². The van der Waals surface area contributed by atoms with E-state index in [-0.39, 0.29) is 24.1 Å². The molecular weight excluding hydrogens is 390 g/mol. The summed E-state index contributed by atoms with van der Waals surface area (Å²) in [6.07, 6.45) is 2.18. The topological polar surface area (TPSA) is 94.1 Å². The van der Waals surface area contributed by atoms with Crippen LogP contribution in [0.15, 0.2) is 30.3 Å². The smallest absolute Gasteiger partial charge is 0.270 e. The monoisotopic (exact) mass is 421 g/mol. The van der Waals surface area contributed by atoms with Crippen LogP contribution in [0.5, 0.6) is 0 Å². The number of fused-ring (bicyclic) bond motifs is 1.